The van der Waals surface area contributed by atoms with Crippen LogP contribution in [0.1, 0.15) is 31.9 Å². The Morgan fingerprint density at radius 2 is 1.81 bits per heavy atom. The number of nitrogens with one attached hydrogen (secondary N) is 3. The second-order valence-electron chi connectivity index (χ2n) is 7.99. The highest BCUT2D eigenvalue weighted by atomic mass is 35.5. The zero-order valence-electron chi connectivity index (χ0n) is 20.2. The maximum Gasteiger partial charge on any atom is 0.338 e. The van der Waals surface area contributed by atoms with Crippen molar-refractivity contribution in [3.05, 3.63) is 69.3 Å². The molecular formula is C25H28Cl2N4O5. The average molecular weight is 535 g/mol. The molecule has 1 unspecified atom stereocenters. The van der Waals surface area contributed by atoms with Crippen LogP contribution in [0.15, 0.2) is 53.7 Å². The van der Waals surface area contributed by atoms with Gasteiger partial charge in [-0.05, 0) is 49.2 Å². The second kappa shape index (κ2) is 12.6. The van der Waals surface area contributed by atoms with Crippen LogP contribution in [-0.2, 0) is 14.3 Å². The minimum atomic E-state index is -0.712. The summed E-state index contributed by atoms with van der Waals surface area (Å²) in [5, 5.41) is 9.04. The van der Waals surface area contributed by atoms with Gasteiger partial charge in [-0.1, -0.05) is 42.3 Å². The number of ether oxygens (including phenoxy) is 2. The second-order valence-corrected chi connectivity index (χ2v) is 8.83. The van der Waals surface area contributed by atoms with Crippen LogP contribution in [-0.4, -0.2) is 49.8 Å². The molecule has 11 heteroatoms. The number of esters is 1. The van der Waals surface area contributed by atoms with Crippen LogP contribution in [0.4, 0.5) is 21.0 Å². The molecule has 0 aromatic heterocycles. The van der Waals surface area contributed by atoms with E-state index >= 15 is 0 Å². The van der Waals surface area contributed by atoms with Crippen molar-refractivity contribution in [2.45, 2.75) is 26.3 Å². The summed E-state index contributed by atoms with van der Waals surface area (Å²) in [6.07, 6.45) is 0.727. The van der Waals surface area contributed by atoms with E-state index in [2.05, 4.69) is 16.0 Å². The van der Waals surface area contributed by atoms with Gasteiger partial charge in [0.05, 0.1) is 28.9 Å². The van der Waals surface area contributed by atoms with E-state index in [1.165, 1.54) is 18.1 Å². The summed E-state index contributed by atoms with van der Waals surface area (Å²) in [7, 11) is 1.52. The van der Waals surface area contributed by atoms with E-state index in [-0.39, 0.29) is 19.2 Å². The maximum absolute atomic E-state index is 13.0. The van der Waals surface area contributed by atoms with E-state index in [1.807, 2.05) is 6.92 Å². The van der Waals surface area contributed by atoms with E-state index in [1.54, 1.807) is 43.3 Å². The lowest BCUT2D eigenvalue weighted by atomic mass is 9.94. The van der Waals surface area contributed by atoms with Gasteiger partial charge >= 0.3 is 18.0 Å². The molecule has 0 radical (unpaired) electrons. The topological polar surface area (TPSA) is 109 Å². The molecule has 3 rings (SSSR count). The molecule has 0 fully saturated rings. The molecule has 3 N–H and O–H groups in total. The van der Waals surface area contributed by atoms with Gasteiger partial charge in [-0.2, -0.15) is 0 Å². The average Bonchev–Trinajstić information content (AvgIpc) is 2.83. The van der Waals surface area contributed by atoms with Gasteiger partial charge in [0.1, 0.15) is 6.61 Å². The maximum atomic E-state index is 13.0. The van der Waals surface area contributed by atoms with E-state index in [0.29, 0.717) is 44.8 Å². The van der Waals surface area contributed by atoms with Gasteiger partial charge in [-0.3, -0.25) is 4.90 Å². The van der Waals surface area contributed by atoms with Crippen LogP contribution >= 0.6 is 23.2 Å². The summed E-state index contributed by atoms with van der Waals surface area (Å²) in [5.41, 5.74) is 2.45. The zero-order valence-corrected chi connectivity index (χ0v) is 21.7. The lowest BCUT2D eigenvalue weighted by molar-refractivity contribution is -0.140. The van der Waals surface area contributed by atoms with Crippen LogP contribution in [0.2, 0.25) is 10.0 Å². The number of rotatable bonds is 9. The number of methoxy groups -OCH3 is 1. The number of benzene rings is 2. The summed E-state index contributed by atoms with van der Waals surface area (Å²) in [4.78, 5) is 39.7. The van der Waals surface area contributed by atoms with Crippen molar-refractivity contribution in [2.24, 2.45) is 0 Å². The smallest absolute Gasteiger partial charge is 0.338 e. The largest absolute Gasteiger partial charge is 0.460 e. The van der Waals surface area contributed by atoms with Crippen LogP contribution in [0.25, 0.3) is 0 Å². The first-order chi connectivity index (χ1) is 17.2. The van der Waals surface area contributed by atoms with Crippen molar-refractivity contribution in [1.29, 1.82) is 0 Å². The number of carbonyl (C=O) groups is 3. The van der Waals surface area contributed by atoms with Crippen LogP contribution < -0.4 is 16.0 Å². The first-order valence-electron chi connectivity index (χ1n) is 11.3. The van der Waals surface area contributed by atoms with Gasteiger partial charge < -0.3 is 25.4 Å². The zero-order chi connectivity index (χ0) is 26.2. The number of nitrogens with zero attached hydrogens (tertiary/aromatic N) is 1. The first-order valence-corrected chi connectivity index (χ1v) is 12.1. The minimum absolute atomic E-state index is 0.0934. The highest BCUT2D eigenvalue weighted by Gasteiger charge is 2.36. The van der Waals surface area contributed by atoms with Gasteiger partial charge in [0.2, 0.25) is 0 Å². The van der Waals surface area contributed by atoms with E-state index in [9.17, 15) is 14.4 Å². The fourth-order valence-electron chi connectivity index (χ4n) is 3.72. The number of amides is 4. The molecule has 0 aliphatic carbocycles. The van der Waals surface area contributed by atoms with E-state index in [0.717, 1.165) is 6.42 Å². The molecule has 36 heavy (non-hydrogen) atoms. The van der Waals surface area contributed by atoms with Gasteiger partial charge in [-0.25, -0.2) is 14.4 Å². The van der Waals surface area contributed by atoms with E-state index < -0.39 is 18.0 Å². The number of allylic oxidation sites excluding steroid dienone is 1. The third-order valence-corrected chi connectivity index (χ3v) is 6.01. The molecule has 1 heterocycles. The number of hydrogen-bond donors (Lipinski definition) is 3. The Morgan fingerprint density at radius 1 is 1.08 bits per heavy atom. The first kappa shape index (κ1) is 27.3. The van der Waals surface area contributed by atoms with Crippen LogP contribution in [0.3, 0.4) is 0 Å². The Morgan fingerprint density at radius 3 is 2.44 bits per heavy atom. The Hall–Kier alpha value is -3.27. The quantitative estimate of drug-likeness (QED) is 0.287. The Labute approximate surface area is 219 Å². The van der Waals surface area contributed by atoms with Crippen LogP contribution in [0.5, 0.6) is 0 Å². The number of urea groups is 2. The molecule has 192 valence electrons. The number of halogens is 2. The highest BCUT2D eigenvalue weighted by molar-refractivity contribution is 6.36. The lowest BCUT2D eigenvalue weighted by Gasteiger charge is -2.35. The molecule has 0 saturated heterocycles. The normalized spacial score (nSPS) is 15.4. The fraction of sp³-hybridized carbons (Fsp3) is 0.320. The fourth-order valence-corrected chi connectivity index (χ4v) is 4.17. The summed E-state index contributed by atoms with van der Waals surface area (Å²) < 4.78 is 10.3. The summed E-state index contributed by atoms with van der Waals surface area (Å²) >= 11 is 12.0. The summed E-state index contributed by atoms with van der Waals surface area (Å²) in [6, 6.07) is 10.0. The molecule has 1 aliphatic heterocycles. The predicted octanol–water partition coefficient (Wildman–Crippen LogP) is 5.58. The third kappa shape index (κ3) is 6.69. The Kier molecular flexibility index (Phi) is 9.58. The SMILES string of the molecule is CCCN1C(=O)NC(c2ccc(NC(=O)Nc3ccc(Cl)cc3Cl)cc2)C(C(=O)OCCOC)=C1C. The lowest BCUT2D eigenvalue weighted by Crippen LogP contribution is -2.48. The number of hydrogen-bond acceptors (Lipinski definition) is 5. The van der Waals surface area contributed by atoms with Gasteiger partial charge in [0.25, 0.3) is 0 Å². The van der Waals surface area contributed by atoms with Gasteiger partial charge in [0.15, 0.2) is 0 Å². The molecule has 2 aromatic rings. The molecule has 2 aromatic carbocycles. The Bertz CT molecular complexity index is 1150. The summed E-state index contributed by atoms with van der Waals surface area (Å²) in [5.74, 6) is -0.530. The molecular weight excluding hydrogens is 507 g/mol. The monoisotopic (exact) mass is 534 g/mol. The molecule has 9 nitrogen and oxygen atoms in total. The van der Waals surface area contributed by atoms with E-state index in [4.69, 9.17) is 32.7 Å². The van der Waals surface area contributed by atoms with Crippen molar-refractivity contribution in [3.8, 4) is 0 Å². The molecule has 1 atom stereocenters. The molecule has 0 bridgehead atoms. The summed E-state index contributed by atoms with van der Waals surface area (Å²) in [6.45, 7) is 4.50. The van der Waals surface area contributed by atoms with Crippen molar-refractivity contribution in [3.63, 3.8) is 0 Å². The molecule has 1 aliphatic rings. The number of carbonyl (C=O) groups excluding carboxylic acids is 3. The van der Waals surface area contributed by atoms with Crippen molar-refractivity contribution < 1.29 is 23.9 Å². The standard InChI is InChI=1S/C25H28Cl2N4O5/c1-4-11-31-15(2)21(23(32)36-13-12-35-3)22(30-25(31)34)16-5-8-18(9-6-16)28-24(33)29-20-10-7-17(26)14-19(20)27/h5-10,14,22H,4,11-13H2,1-3H3,(H,30,34)(H2,28,29,33). The van der Waals surface area contributed by atoms with Crippen molar-refractivity contribution in [2.75, 3.05) is 37.5 Å². The highest BCUT2D eigenvalue weighted by Crippen LogP contribution is 2.32. The Balaban J connectivity index is 1.78. The predicted molar refractivity (Wildman–Crippen MR) is 139 cm³/mol. The molecule has 0 saturated carbocycles. The third-order valence-electron chi connectivity index (χ3n) is 5.47. The van der Waals surface area contributed by atoms with Gasteiger partial charge in [0, 0.05) is 30.1 Å². The van der Waals surface area contributed by atoms with Crippen molar-refractivity contribution in [1.82, 2.24) is 10.2 Å². The van der Waals surface area contributed by atoms with Crippen molar-refractivity contribution >= 4 is 52.6 Å². The van der Waals surface area contributed by atoms with Gasteiger partial charge in [-0.15, -0.1) is 0 Å². The van der Waals surface area contributed by atoms with Crippen LogP contribution in [0, 0.1) is 0 Å². The molecule has 4 amide bonds. The number of anilines is 2. The molecule has 0 spiro atoms. The minimum Gasteiger partial charge on any atom is -0.460 e.